The standard InChI is InChI=1S/C30H42F2N3O5/c1-7-9-10-14-30(31,32)19-33-26(20(3)4)27(36)35(29(38)39-6)18-24(15-21(35)5)40-28(37)34-16-23-13-11-12-22(8-2)25(23)17-34/h7-8,11-13,20-21,24,26,33H,1-2,9-10,14-19H2,3-6H3/q+1/t21?,24-,26?,35?/m1/s1. The van der Waals surface area contributed by atoms with Crippen LogP contribution in [0.4, 0.5) is 18.4 Å². The van der Waals surface area contributed by atoms with Crippen molar-refractivity contribution < 1.29 is 37.1 Å². The number of benzene rings is 1. The number of nitrogens with one attached hydrogen (secondary N) is 1. The minimum Gasteiger partial charge on any atom is -0.440 e. The number of rotatable bonds is 11. The maximum absolute atomic E-state index is 14.5. The Labute approximate surface area is 235 Å². The van der Waals surface area contributed by atoms with Crippen LogP contribution in [0.1, 0.15) is 63.1 Å². The first-order valence-electron chi connectivity index (χ1n) is 13.8. The van der Waals surface area contributed by atoms with E-state index >= 15 is 0 Å². The Morgan fingerprint density at radius 3 is 2.60 bits per heavy atom. The molecule has 4 atom stereocenters. The summed E-state index contributed by atoms with van der Waals surface area (Å²) in [5.41, 5.74) is 2.97. The van der Waals surface area contributed by atoms with E-state index in [0.717, 1.165) is 16.7 Å². The third kappa shape index (κ3) is 6.61. The number of alkyl halides is 2. The molecule has 0 aliphatic carbocycles. The molecule has 3 rings (SSSR count). The number of unbranched alkanes of at least 4 members (excludes halogenated alkanes) is 1. The van der Waals surface area contributed by atoms with Crippen LogP contribution in [0.3, 0.4) is 0 Å². The number of nitrogens with zero attached hydrogens (tertiary/aromatic N) is 2. The summed E-state index contributed by atoms with van der Waals surface area (Å²) in [7, 11) is 1.19. The van der Waals surface area contributed by atoms with Crippen molar-refractivity contribution in [1.29, 1.82) is 0 Å². The molecule has 1 aromatic carbocycles. The molecule has 0 saturated carbocycles. The van der Waals surface area contributed by atoms with E-state index in [1.54, 1.807) is 37.8 Å². The molecule has 0 spiro atoms. The van der Waals surface area contributed by atoms with E-state index in [-0.39, 0.29) is 31.7 Å². The molecule has 40 heavy (non-hydrogen) atoms. The molecule has 2 aliphatic rings. The third-order valence-electron chi connectivity index (χ3n) is 7.97. The molecule has 0 aromatic heterocycles. The number of hydrogen-bond acceptors (Lipinski definition) is 6. The number of likely N-dealkylation sites (tertiary alicyclic amines) is 1. The molecule has 1 fully saturated rings. The van der Waals surface area contributed by atoms with Crippen molar-refractivity contribution in [3.63, 3.8) is 0 Å². The largest absolute Gasteiger partial charge is 0.523 e. The minimum absolute atomic E-state index is 0.127. The van der Waals surface area contributed by atoms with E-state index in [0.29, 0.717) is 19.5 Å². The summed E-state index contributed by atoms with van der Waals surface area (Å²) in [5, 5.41) is 2.74. The van der Waals surface area contributed by atoms with Gasteiger partial charge in [-0.15, -0.1) is 6.58 Å². The van der Waals surface area contributed by atoms with Crippen LogP contribution in [0, 0.1) is 5.92 Å². The monoisotopic (exact) mass is 562 g/mol. The Hall–Kier alpha value is -3.11. The Bertz CT molecular complexity index is 1120. The molecule has 0 radical (unpaired) electrons. The van der Waals surface area contributed by atoms with Gasteiger partial charge >= 0.3 is 18.1 Å². The SMILES string of the molecule is C=CCCCC(F)(F)CNC(C(=O)[N+]1(C(=O)OC)C[C@H](OC(=O)N2Cc3cccc(C=C)c3C2)CC1C)C(C)C. The number of methoxy groups -OCH3 is 1. The highest BCUT2D eigenvalue weighted by Crippen LogP contribution is 2.34. The Kier molecular flexibility index (Phi) is 10.2. The van der Waals surface area contributed by atoms with Gasteiger partial charge in [0.25, 0.3) is 5.92 Å². The summed E-state index contributed by atoms with van der Waals surface area (Å²) in [4.78, 5) is 41.9. The van der Waals surface area contributed by atoms with Crippen LogP contribution in [0.5, 0.6) is 0 Å². The number of ether oxygens (including phenoxy) is 2. The van der Waals surface area contributed by atoms with E-state index in [9.17, 15) is 23.2 Å². The summed E-state index contributed by atoms with van der Waals surface area (Å²) < 4.78 is 39.2. The molecule has 3 unspecified atom stereocenters. The molecule has 8 nitrogen and oxygen atoms in total. The molecule has 2 heterocycles. The van der Waals surface area contributed by atoms with Gasteiger partial charge < -0.3 is 9.47 Å². The molecular weight excluding hydrogens is 520 g/mol. The van der Waals surface area contributed by atoms with Crippen molar-refractivity contribution in [1.82, 2.24) is 10.2 Å². The summed E-state index contributed by atoms with van der Waals surface area (Å²) >= 11 is 0. The molecular formula is C30H42F2N3O5+. The summed E-state index contributed by atoms with van der Waals surface area (Å²) in [6.07, 6.45) is 1.91. The second kappa shape index (κ2) is 13.0. The number of imide groups is 1. The Morgan fingerprint density at radius 2 is 1.98 bits per heavy atom. The summed E-state index contributed by atoms with van der Waals surface area (Å²) in [6, 6.07) is 4.17. The number of hydrogen-bond donors (Lipinski definition) is 1. The third-order valence-corrected chi connectivity index (χ3v) is 7.97. The van der Waals surface area contributed by atoms with Crippen molar-refractivity contribution in [3.05, 3.63) is 54.1 Å². The van der Waals surface area contributed by atoms with Gasteiger partial charge in [-0.1, -0.05) is 50.8 Å². The van der Waals surface area contributed by atoms with Crippen LogP contribution < -0.4 is 5.32 Å². The van der Waals surface area contributed by atoms with Crippen LogP contribution in [0.15, 0.2) is 37.4 Å². The minimum atomic E-state index is -3.03. The zero-order chi connectivity index (χ0) is 29.7. The van der Waals surface area contributed by atoms with Gasteiger partial charge in [-0.25, -0.2) is 18.4 Å². The van der Waals surface area contributed by atoms with E-state index in [1.807, 2.05) is 18.2 Å². The lowest BCUT2D eigenvalue weighted by atomic mass is 10.00. The van der Waals surface area contributed by atoms with Crippen molar-refractivity contribution in [3.8, 4) is 0 Å². The lowest BCUT2D eigenvalue weighted by molar-refractivity contribution is -0.795. The highest BCUT2D eigenvalue weighted by atomic mass is 19.3. The maximum Gasteiger partial charge on any atom is 0.523 e. The average Bonchev–Trinajstić information content (AvgIpc) is 3.49. The van der Waals surface area contributed by atoms with Crippen molar-refractivity contribution >= 4 is 24.2 Å². The fourth-order valence-corrected chi connectivity index (χ4v) is 5.73. The first-order chi connectivity index (χ1) is 18.9. The van der Waals surface area contributed by atoms with E-state index in [2.05, 4.69) is 18.5 Å². The number of allylic oxidation sites excluding steroid dienone is 1. The highest BCUT2D eigenvalue weighted by Gasteiger charge is 2.60. The number of halogens is 2. The van der Waals surface area contributed by atoms with Crippen LogP contribution in [-0.4, -0.2) is 71.8 Å². The van der Waals surface area contributed by atoms with Gasteiger partial charge in [0, 0.05) is 19.4 Å². The number of carbonyl (C=O) groups excluding carboxylic acids is 3. The molecule has 10 heteroatoms. The van der Waals surface area contributed by atoms with Crippen LogP contribution in [-0.2, 0) is 27.4 Å². The normalized spacial score (nSPS) is 23.0. The molecule has 0 bridgehead atoms. The number of amides is 3. The topological polar surface area (TPSA) is 84.9 Å². The molecule has 1 N–H and O–H groups in total. The van der Waals surface area contributed by atoms with E-state index < -0.39 is 53.2 Å². The van der Waals surface area contributed by atoms with Crippen molar-refractivity contribution in [2.75, 3.05) is 20.2 Å². The van der Waals surface area contributed by atoms with Gasteiger partial charge in [-0.05, 0) is 42.4 Å². The lowest BCUT2D eigenvalue weighted by Gasteiger charge is -2.35. The average molecular weight is 563 g/mol. The highest BCUT2D eigenvalue weighted by molar-refractivity contribution is 5.85. The molecule has 1 aromatic rings. The van der Waals surface area contributed by atoms with Crippen molar-refractivity contribution in [2.45, 2.75) is 83.7 Å². The van der Waals surface area contributed by atoms with Gasteiger partial charge in [0.15, 0.2) is 6.10 Å². The number of fused-ring (bicyclic) bond motifs is 1. The first kappa shape index (κ1) is 31.4. The lowest BCUT2D eigenvalue weighted by Crippen LogP contribution is -2.66. The molecule has 1 saturated heterocycles. The quantitative estimate of drug-likeness (QED) is 0.213. The first-order valence-corrected chi connectivity index (χ1v) is 13.8. The fraction of sp³-hybridized carbons (Fsp3) is 0.567. The second-order valence-corrected chi connectivity index (χ2v) is 11.1. The van der Waals surface area contributed by atoms with Gasteiger partial charge in [0.2, 0.25) is 0 Å². The molecule has 3 amide bonds. The van der Waals surface area contributed by atoms with E-state index in [4.69, 9.17) is 9.47 Å². The fourth-order valence-electron chi connectivity index (χ4n) is 5.73. The number of quaternary nitrogens is 1. The predicted octanol–water partition coefficient (Wildman–Crippen LogP) is 5.66. The van der Waals surface area contributed by atoms with Crippen LogP contribution in [0.25, 0.3) is 6.08 Å². The molecule has 220 valence electrons. The zero-order valence-electron chi connectivity index (χ0n) is 24.0. The smallest absolute Gasteiger partial charge is 0.440 e. The molecule has 2 aliphatic heterocycles. The van der Waals surface area contributed by atoms with Gasteiger partial charge in [-0.3, -0.25) is 10.2 Å². The Balaban J connectivity index is 1.74. The zero-order valence-corrected chi connectivity index (χ0v) is 24.0. The second-order valence-electron chi connectivity index (χ2n) is 11.1. The number of carbonyl (C=O) groups is 3. The van der Waals surface area contributed by atoms with Crippen LogP contribution in [0.2, 0.25) is 0 Å². The van der Waals surface area contributed by atoms with E-state index in [1.165, 1.54) is 7.11 Å². The Morgan fingerprint density at radius 1 is 1.25 bits per heavy atom. The summed E-state index contributed by atoms with van der Waals surface area (Å²) in [5.74, 6) is -3.98. The maximum atomic E-state index is 14.5. The van der Waals surface area contributed by atoms with Gasteiger partial charge in [-0.2, -0.15) is 9.28 Å². The van der Waals surface area contributed by atoms with Gasteiger partial charge in [0.1, 0.15) is 18.6 Å². The predicted molar refractivity (Wildman–Crippen MR) is 148 cm³/mol. The van der Waals surface area contributed by atoms with Gasteiger partial charge in [0.05, 0.1) is 20.2 Å². The van der Waals surface area contributed by atoms with Crippen molar-refractivity contribution in [2.24, 2.45) is 5.92 Å². The summed E-state index contributed by atoms with van der Waals surface area (Å²) in [6.45, 7) is 12.5. The van der Waals surface area contributed by atoms with Crippen LogP contribution >= 0.6 is 0 Å².